The van der Waals surface area contributed by atoms with Gasteiger partial charge >= 0.3 is 17.9 Å². The fourth-order valence-corrected chi connectivity index (χ4v) is 8.63. The Morgan fingerprint density at radius 1 is 1.07 bits per heavy atom. The van der Waals surface area contributed by atoms with Crippen LogP contribution < -0.4 is 16.4 Å². The molecular formula is C33H42N4O8S. The molecule has 1 aromatic rings. The van der Waals surface area contributed by atoms with E-state index in [0.29, 0.717) is 17.6 Å². The van der Waals surface area contributed by atoms with Gasteiger partial charge in [-0.15, -0.1) is 11.8 Å². The van der Waals surface area contributed by atoms with Crippen LogP contribution >= 0.6 is 11.8 Å². The van der Waals surface area contributed by atoms with Gasteiger partial charge in [0, 0.05) is 24.6 Å². The molecule has 2 amide bonds. The van der Waals surface area contributed by atoms with Gasteiger partial charge in [0.25, 0.3) is 0 Å². The molecule has 1 fully saturated rings. The summed E-state index contributed by atoms with van der Waals surface area (Å²) in [6, 6.07) is 1.68. The lowest BCUT2D eigenvalue weighted by atomic mass is 9.68. The van der Waals surface area contributed by atoms with Gasteiger partial charge in [-0.1, -0.05) is 37.3 Å². The van der Waals surface area contributed by atoms with Crippen molar-refractivity contribution in [1.82, 2.24) is 15.6 Å². The molecule has 13 heteroatoms. The Balaban J connectivity index is 1.38. The van der Waals surface area contributed by atoms with E-state index in [-0.39, 0.29) is 35.7 Å². The lowest BCUT2D eigenvalue weighted by Crippen LogP contribution is -2.49. The quantitative estimate of drug-likeness (QED) is 0.155. The molecule has 248 valence electrons. The number of nitrogens with one attached hydrogen (secondary N) is 2. The third kappa shape index (κ3) is 8.55. The molecule has 6 rings (SSSR count). The summed E-state index contributed by atoms with van der Waals surface area (Å²) in [5.41, 5.74) is 8.95. The molecule has 1 aromatic heterocycles. The van der Waals surface area contributed by atoms with E-state index in [1.165, 1.54) is 17.3 Å². The van der Waals surface area contributed by atoms with E-state index < -0.39 is 48.3 Å². The minimum absolute atomic E-state index is 0.106. The highest BCUT2D eigenvalue weighted by molar-refractivity contribution is 8.00. The molecule has 1 saturated carbocycles. The first-order valence-electron chi connectivity index (χ1n) is 16.0. The Morgan fingerprint density at radius 2 is 1.76 bits per heavy atom. The topological polar surface area (TPSA) is 198 Å². The highest BCUT2D eigenvalue weighted by Gasteiger charge is 2.46. The van der Waals surface area contributed by atoms with Crippen LogP contribution in [0.1, 0.15) is 63.4 Å². The fraction of sp³-hybridized carbons (Fsp3) is 0.576. The summed E-state index contributed by atoms with van der Waals surface area (Å²) in [6.45, 7) is -0.614. The van der Waals surface area contributed by atoms with E-state index in [1.54, 1.807) is 12.4 Å². The summed E-state index contributed by atoms with van der Waals surface area (Å²) in [5, 5.41) is 22.9. The average molecular weight is 655 g/mol. The Morgan fingerprint density at radius 3 is 2.43 bits per heavy atom. The summed E-state index contributed by atoms with van der Waals surface area (Å²) in [4.78, 5) is 65.5. The predicted molar refractivity (Wildman–Crippen MR) is 169 cm³/mol. The Labute approximate surface area is 272 Å². The van der Waals surface area contributed by atoms with Crippen LogP contribution in [0.25, 0.3) is 0 Å². The van der Waals surface area contributed by atoms with Crippen molar-refractivity contribution < 1.29 is 38.9 Å². The number of carbonyl (C=O) groups is 5. The minimum atomic E-state index is -1.23. The molecule has 0 aromatic carbocycles. The number of aromatic nitrogens is 1. The van der Waals surface area contributed by atoms with Crippen molar-refractivity contribution in [3.05, 3.63) is 53.1 Å². The number of hydrogen-bond donors (Lipinski definition) is 5. The number of nitrogens with zero attached hydrogens (tertiary/aromatic N) is 1. The van der Waals surface area contributed by atoms with Gasteiger partial charge in [-0.2, -0.15) is 0 Å². The Hall–Kier alpha value is -3.71. The first-order chi connectivity index (χ1) is 22.1. The van der Waals surface area contributed by atoms with Gasteiger partial charge in [-0.25, -0.2) is 0 Å². The number of amides is 2. The normalized spacial score (nSPS) is 26.7. The van der Waals surface area contributed by atoms with Gasteiger partial charge in [-0.3, -0.25) is 29.0 Å². The number of esters is 1. The minimum Gasteiger partial charge on any atom is -0.480 e. The summed E-state index contributed by atoms with van der Waals surface area (Å²) in [5.74, 6) is -2.42. The number of carboxylic acid groups (broad SMARTS) is 2. The second kappa shape index (κ2) is 15.3. The van der Waals surface area contributed by atoms with Gasteiger partial charge in [-0.05, 0) is 73.1 Å². The Kier molecular flexibility index (Phi) is 11.2. The molecule has 5 atom stereocenters. The molecule has 46 heavy (non-hydrogen) atoms. The number of ether oxygens (including phenoxy) is 1. The molecule has 1 aliphatic heterocycles. The van der Waals surface area contributed by atoms with Crippen LogP contribution in [-0.2, 0) is 35.1 Å². The van der Waals surface area contributed by atoms with E-state index in [0.717, 1.165) is 62.5 Å². The van der Waals surface area contributed by atoms with E-state index in [4.69, 9.17) is 20.7 Å². The van der Waals surface area contributed by atoms with Crippen LogP contribution in [0.15, 0.2) is 47.5 Å². The van der Waals surface area contributed by atoms with Crippen LogP contribution in [0.3, 0.4) is 0 Å². The van der Waals surface area contributed by atoms with Crippen molar-refractivity contribution >= 4 is 41.5 Å². The highest BCUT2D eigenvalue weighted by atomic mass is 32.2. The SMILES string of the molecule is N[C@@H](CCC(=O)N[C@@H](CS[C@@H]1CC2CCC(CC2)C[C@H]2CC(Cc3ccncc3)=C[C@H]3C(=O)OC1=C23)C(=O)NCC(=O)O)C(=O)O. The first-order valence-corrected chi connectivity index (χ1v) is 17.0. The van der Waals surface area contributed by atoms with Crippen LogP contribution in [0, 0.1) is 23.7 Å². The maximum atomic E-state index is 13.4. The molecule has 4 aliphatic carbocycles. The van der Waals surface area contributed by atoms with Crippen molar-refractivity contribution in [2.75, 3.05) is 12.3 Å². The molecular weight excluding hydrogens is 612 g/mol. The largest absolute Gasteiger partial charge is 0.480 e. The number of pyridine rings is 1. The maximum absolute atomic E-state index is 13.4. The van der Waals surface area contributed by atoms with Gasteiger partial charge < -0.3 is 31.3 Å². The zero-order valence-corrected chi connectivity index (χ0v) is 26.5. The van der Waals surface area contributed by atoms with Crippen LogP contribution in [-0.4, -0.2) is 74.6 Å². The molecule has 6 N–H and O–H groups in total. The van der Waals surface area contributed by atoms with Crippen molar-refractivity contribution in [2.24, 2.45) is 29.4 Å². The first kappa shape index (κ1) is 33.6. The van der Waals surface area contributed by atoms with E-state index in [2.05, 4.69) is 21.7 Å². The zero-order chi connectivity index (χ0) is 32.8. The second-order valence-corrected chi connectivity index (χ2v) is 14.1. The van der Waals surface area contributed by atoms with Crippen molar-refractivity contribution in [3.8, 4) is 0 Å². The number of rotatable bonds is 13. The van der Waals surface area contributed by atoms with Crippen LogP contribution in [0.2, 0.25) is 0 Å². The van der Waals surface area contributed by atoms with Crippen molar-refractivity contribution in [2.45, 2.75) is 81.5 Å². The standard InChI is InChI=1S/C33H42N4O8S/c34-24(32(42)43)5-6-27(38)37-25(31(41)36-16-28(39)40)17-46-26-15-19-3-1-18(2-4-19)12-22-13-21(11-20-7-9-35-10-8-20)14-23-29(22)30(26)45-33(23)44/h7-10,14,18-19,22-26H,1-6,11-13,15-17,34H2,(H,36,41)(H,37,38)(H,39,40)(H,42,43)/t18?,19?,22-,23+,24-,25-,26+/m0/s1. The van der Waals surface area contributed by atoms with E-state index in [1.807, 2.05) is 12.1 Å². The molecule has 0 unspecified atom stereocenters. The van der Waals surface area contributed by atoms with Gasteiger partial charge in [0.2, 0.25) is 11.8 Å². The summed E-state index contributed by atoms with van der Waals surface area (Å²) >= 11 is 1.43. The van der Waals surface area contributed by atoms with Gasteiger partial charge in [0.15, 0.2) is 0 Å². The second-order valence-electron chi connectivity index (χ2n) is 12.9. The lowest BCUT2D eigenvalue weighted by molar-refractivity contribution is -0.140. The summed E-state index contributed by atoms with van der Waals surface area (Å²) in [7, 11) is 0. The number of carboxylic acids is 2. The Bertz CT molecular complexity index is 1390. The molecule has 2 bridgehead atoms. The number of hydrogen-bond acceptors (Lipinski definition) is 9. The smallest absolute Gasteiger partial charge is 0.322 e. The van der Waals surface area contributed by atoms with Crippen molar-refractivity contribution in [3.63, 3.8) is 0 Å². The summed E-state index contributed by atoms with van der Waals surface area (Å²) < 4.78 is 6.10. The lowest BCUT2D eigenvalue weighted by Gasteiger charge is -2.37. The molecule has 12 nitrogen and oxygen atoms in total. The maximum Gasteiger partial charge on any atom is 0.322 e. The molecule has 2 heterocycles. The third-order valence-electron chi connectivity index (χ3n) is 9.57. The third-order valence-corrected chi connectivity index (χ3v) is 10.9. The monoisotopic (exact) mass is 654 g/mol. The molecule has 0 radical (unpaired) electrons. The molecule has 0 spiro atoms. The van der Waals surface area contributed by atoms with Gasteiger partial charge in [0.05, 0.1) is 5.25 Å². The number of aliphatic carboxylic acids is 2. The van der Waals surface area contributed by atoms with Gasteiger partial charge in [0.1, 0.15) is 30.3 Å². The molecule has 5 aliphatic rings. The van der Waals surface area contributed by atoms with E-state index >= 15 is 0 Å². The summed E-state index contributed by atoms with van der Waals surface area (Å²) in [6.07, 6.45) is 13.1. The van der Waals surface area contributed by atoms with E-state index in [9.17, 15) is 24.0 Å². The van der Waals surface area contributed by atoms with Crippen LogP contribution in [0.5, 0.6) is 0 Å². The number of nitrogens with two attached hydrogens (primary N) is 1. The number of fused-ring (bicyclic) bond motifs is 3. The average Bonchev–Trinajstić information content (AvgIpc) is 3.37. The molecule has 0 saturated heterocycles. The highest BCUT2D eigenvalue weighted by Crippen LogP contribution is 2.51. The number of allylic oxidation sites excluding steroid dienone is 1. The fourth-order valence-electron chi connectivity index (χ4n) is 7.23. The number of carbonyl (C=O) groups excluding carboxylic acids is 3. The number of thioether (sulfide) groups is 1. The zero-order valence-electron chi connectivity index (χ0n) is 25.7. The van der Waals surface area contributed by atoms with Crippen molar-refractivity contribution in [1.29, 1.82) is 0 Å². The predicted octanol–water partition coefficient (Wildman–Crippen LogP) is 2.58. The van der Waals surface area contributed by atoms with Crippen LogP contribution in [0.4, 0.5) is 0 Å².